The molecule has 0 aliphatic carbocycles. The number of piperidine rings is 1. The van der Waals surface area contributed by atoms with Crippen LogP contribution in [-0.2, 0) is 9.84 Å². The predicted molar refractivity (Wildman–Crippen MR) is 79.3 cm³/mol. The van der Waals surface area contributed by atoms with Crippen molar-refractivity contribution in [3.05, 3.63) is 35.4 Å². The van der Waals surface area contributed by atoms with Crippen molar-refractivity contribution < 1.29 is 13.2 Å². The third-order valence-corrected chi connectivity index (χ3v) is 5.13. The molecule has 1 heterocycles. The zero-order valence-corrected chi connectivity index (χ0v) is 12.8. The van der Waals surface area contributed by atoms with E-state index in [4.69, 9.17) is 4.74 Å². The lowest BCUT2D eigenvalue weighted by molar-refractivity contribution is 0.309. The molecule has 1 aromatic rings. The normalized spacial score (nSPS) is 16.4. The monoisotopic (exact) mass is 306 g/mol. The Balaban J connectivity index is 2.30. The second kappa shape index (κ2) is 6.64. The van der Waals surface area contributed by atoms with Gasteiger partial charge in [0.1, 0.15) is 11.8 Å². The van der Waals surface area contributed by atoms with Gasteiger partial charge in [-0.05, 0) is 43.5 Å². The van der Waals surface area contributed by atoms with Crippen molar-refractivity contribution in [3.8, 4) is 11.8 Å². The van der Waals surface area contributed by atoms with Crippen LogP contribution in [0.4, 0.5) is 0 Å². The van der Waals surface area contributed by atoms with E-state index in [0.717, 1.165) is 32.4 Å². The first-order valence-electron chi connectivity index (χ1n) is 6.83. The molecule has 1 saturated heterocycles. The molecule has 0 N–H and O–H groups in total. The molecule has 0 aromatic heterocycles. The fourth-order valence-corrected chi connectivity index (χ4v) is 3.41. The number of hydrogen-bond acceptors (Lipinski definition) is 5. The third-order valence-electron chi connectivity index (χ3n) is 3.46. The molecular formula is C15H18N2O3S. The Labute approximate surface area is 125 Å². The number of hydrogen-bond donors (Lipinski definition) is 0. The summed E-state index contributed by atoms with van der Waals surface area (Å²) in [6, 6.07) is 7.87. The SMILES string of the molecule is COc1ccc(S(=O)(=O)C(C#N)=CN2CCCCC2)cc1. The van der Waals surface area contributed by atoms with Crippen LogP contribution in [0.15, 0.2) is 40.3 Å². The van der Waals surface area contributed by atoms with Gasteiger partial charge in [0.2, 0.25) is 9.84 Å². The van der Waals surface area contributed by atoms with E-state index >= 15 is 0 Å². The van der Waals surface area contributed by atoms with Crippen LogP contribution in [-0.4, -0.2) is 33.5 Å². The molecule has 1 aliphatic heterocycles. The van der Waals surface area contributed by atoms with Gasteiger partial charge >= 0.3 is 0 Å². The Morgan fingerprint density at radius 3 is 2.38 bits per heavy atom. The molecule has 2 rings (SSSR count). The highest BCUT2D eigenvalue weighted by atomic mass is 32.2. The largest absolute Gasteiger partial charge is 0.497 e. The summed E-state index contributed by atoms with van der Waals surface area (Å²) >= 11 is 0. The van der Waals surface area contributed by atoms with Gasteiger partial charge in [-0.15, -0.1) is 0 Å². The molecule has 0 atom stereocenters. The van der Waals surface area contributed by atoms with Crippen LogP contribution >= 0.6 is 0 Å². The molecule has 0 unspecified atom stereocenters. The minimum absolute atomic E-state index is 0.105. The number of sulfone groups is 1. The maximum Gasteiger partial charge on any atom is 0.218 e. The molecule has 0 saturated carbocycles. The molecule has 0 radical (unpaired) electrons. The summed E-state index contributed by atoms with van der Waals surface area (Å²) < 4.78 is 30.0. The Kier molecular flexibility index (Phi) is 4.86. The minimum Gasteiger partial charge on any atom is -0.497 e. The number of rotatable bonds is 4. The van der Waals surface area contributed by atoms with Crippen LogP contribution in [0.2, 0.25) is 0 Å². The van der Waals surface area contributed by atoms with Crippen LogP contribution in [0, 0.1) is 11.3 Å². The maximum absolute atomic E-state index is 12.5. The summed E-state index contributed by atoms with van der Waals surface area (Å²) in [4.78, 5) is 1.80. The van der Waals surface area contributed by atoms with Gasteiger partial charge in [-0.25, -0.2) is 8.42 Å². The van der Waals surface area contributed by atoms with E-state index in [-0.39, 0.29) is 9.80 Å². The van der Waals surface area contributed by atoms with Crippen molar-refractivity contribution in [2.45, 2.75) is 24.2 Å². The first-order valence-corrected chi connectivity index (χ1v) is 8.31. The van der Waals surface area contributed by atoms with Gasteiger partial charge in [0.15, 0.2) is 4.91 Å². The highest BCUT2D eigenvalue weighted by Crippen LogP contribution is 2.22. The fraction of sp³-hybridized carbons (Fsp3) is 0.400. The molecule has 1 fully saturated rings. The number of ether oxygens (including phenoxy) is 1. The van der Waals surface area contributed by atoms with Crippen LogP contribution in [0.5, 0.6) is 5.75 Å². The maximum atomic E-state index is 12.5. The number of nitrogens with zero attached hydrogens (tertiary/aromatic N) is 2. The lowest BCUT2D eigenvalue weighted by Gasteiger charge is -2.25. The summed E-state index contributed by atoms with van der Waals surface area (Å²) in [6.45, 7) is 1.59. The van der Waals surface area contributed by atoms with E-state index in [2.05, 4.69) is 0 Å². The lowest BCUT2D eigenvalue weighted by Crippen LogP contribution is -2.25. The average molecular weight is 306 g/mol. The fourth-order valence-electron chi connectivity index (χ4n) is 2.25. The van der Waals surface area contributed by atoms with Gasteiger partial charge in [0, 0.05) is 19.3 Å². The van der Waals surface area contributed by atoms with E-state index < -0.39 is 9.84 Å². The second-order valence-electron chi connectivity index (χ2n) is 4.88. The second-order valence-corrected chi connectivity index (χ2v) is 6.80. The molecule has 5 nitrogen and oxygen atoms in total. The molecule has 21 heavy (non-hydrogen) atoms. The number of likely N-dealkylation sites (tertiary alicyclic amines) is 1. The Hall–Kier alpha value is -2.00. The van der Waals surface area contributed by atoms with E-state index in [1.54, 1.807) is 12.1 Å². The van der Waals surface area contributed by atoms with Crippen molar-refractivity contribution in [1.29, 1.82) is 5.26 Å². The van der Waals surface area contributed by atoms with E-state index in [9.17, 15) is 13.7 Å². The van der Waals surface area contributed by atoms with E-state index in [1.807, 2.05) is 11.0 Å². The van der Waals surface area contributed by atoms with Gasteiger partial charge in [-0.2, -0.15) is 5.26 Å². The molecule has 0 amide bonds. The standard InChI is InChI=1S/C15H18N2O3S/c1-20-13-5-7-14(8-6-13)21(18,19)15(11-16)12-17-9-3-2-4-10-17/h5-8,12H,2-4,9-10H2,1H3. The molecule has 0 spiro atoms. The summed E-state index contributed by atoms with van der Waals surface area (Å²) in [5.74, 6) is 0.576. The zero-order chi connectivity index (χ0) is 15.3. The van der Waals surface area contributed by atoms with Crippen molar-refractivity contribution in [1.82, 2.24) is 4.90 Å². The third kappa shape index (κ3) is 3.56. The molecule has 1 aromatic carbocycles. The summed E-state index contributed by atoms with van der Waals surface area (Å²) in [5.41, 5.74) is 0. The van der Waals surface area contributed by atoms with Gasteiger partial charge in [0.25, 0.3) is 0 Å². The van der Waals surface area contributed by atoms with Crippen molar-refractivity contribution in [2.75, 3.05) is 20.2 Å². The van der Waals surface area contributed by atoms with Crippen molar-refractivity contribution in [2.24, 2.45) is 0 Å². The number of nitriles is 1. The van der Waals surface area contributed by atoms with Crippen molar-refractivity contribution in [3.63, 3.8) is 0 Å². The first-order chi connectivity index (χ1) is 10.1. The van der Waals surface area contributed by atoms with Gasteiger partial charge < -0.3 is 9.64 Å². The van der Waals surface area contributed by atoms with E-state index in [0.29, 0.717) is 5.75 Å². The van der Waals surface area contributed by atoms with Crippen LogP contribution in [0.25, 0.3) is 0 Å². The summed E-state index contributed by atoms with van der Waals surface area (Å²) in [6.07, 6.45) is 4.67. The lowest BCUT2D eigenvalue weighted by atomic mass is 10.1. The van der Waals surface area contributed by atoms with Crippen LogP contribution < -0.4 is 4.74 Å². The molecule has 0 bridgehead atoms. The van der Waals surface area contributed by atoms with Gasteiger partial charge in [-0.3, -0.25) is 0 Å². The molecule has 6 heteroatoms. The first kappa shape index (κ1) is 15.4. The number of methoxy groups -OCH3 is 1. The van der Waals surface area contributed by atoms with Crippen LogP contribution in [0.3, 0.4) is 0 Å². The minimum atomic E-state index is -3.77. The predicted octanol–water partition coefficient (Wildman–Crippen LogP) is 2.32. The van der Waals surface area contributed by atoms with Crippen LogP contribution in [0.1, 0.15) is 19.3 Å². The number of benzene rings is 1. The number of allylic oxidation sites excluding steroid dienone is 1. The topological polar surface area (TPSA) is 70.4 Å². The van der Waals surface area contributed by atoms with E-state index in [1.165, 1.54) is 25.4 Å². The van der Waals surface area contributed by atoms with Gasteiger partial charge in [-0.1, -0.05) is 0 Å². The molecular weight excluding hydrogens is 288 g/mol. The molecule has 112 valence electrons. The van der Waals surface area contributed by atoms with Gasteiger partial charge in [0.05, 0.1) is 12.0 Å². The molecule has 1 aliphatic rings. The Morgan fingerprint density at radius 2 is 1.86 bits per heavy atom. The summed E-state index contributed by atoms with van der Waals surface area (Å²) in [5, 5.41) is 9.21. The van der Waals surface area contributed by atoms with Crippen molar-refractivity contribution >= 4 is 9.84 Å². The quantitative estimate of drug-likeness (QED) is 0.798. The highest BCUT2D eigenvalue weighted by Gasteiger charge is 2.22. The smallest absolute Gasteiger partial charge is 0.218 e. The summed E-state index contributed by atoms with van der Waals surface area (Å²) in [7, 11) is -2.26. The highest BCUT2D eigenvalue weighted by molar-refractivity contribution is 7.95. The Morgan fingerprint density at radius 1 is 1.24 bits per heavy atom. The zero-order valence-electron chi connectivity index (χ0n) is 11.9. The Bertz CT molecular complexity index is 651. The average Bonchev–Trinajstić information content (AvgIpc) is 2.53.